The molecule has 0 saturated carbocycles. The first-order valence-corrected chi connectivity index (χ1v) is 9.96. The summed E-state index contributed by atoms with van der Waals surface area (Å²) in [6.07, 6.45) is 0. The minimum atomic E-state index is -0.422. The Morgan fingerprint density at radius 1 is 1.06 bits per heavy atom. The SMILES string of the molecule is Cc1nn(Cc2cccc(F)c2)c(C)c1NC(=O)c1ccc(COc2ccc(F)cc2)o1. The summed E-state index contributed by atoms with van der Waals surface area (Å²) in [5.74, 6) is -0.0110. The number of amides is 1. The van der Waals surface area contributed by atoms with E-state index in [1.54, 1.807) is 29.8 Å². The Morgan fingerprint density at radius 2 is 1.84 bits per heavy atom. The van der Waals surface area contributed by atoms with E-state index in [0.29, 0.717) is 29.4 Å². The number of carbonyl (C=O) groups excluding carboxylic acids is 1. The average Bonchev–Trinajstić information content (AvgIpc) is 3.34. The van der Waals surface area contributed by atoms with Gasteiger partial charge in [-0.05, 0) is 67.9 Å². The number of nitrogens with one attached hydrogen (secondary N) is 1. The molecule has 0 fully saturated rings. The van der Waals surface area contributed by atoms with Crippen LogP contribution in [0, 0.1) is 25.5 Å². The fourth-order valence-electron chi connectivity index (χ4n) is 3.28. The van der Waals surface area contributed by atoms with Crippen LogP contribution in [0.1, 0.15) is 33.3 Å². The fraction of sp³-hybridized carbons (Fsp3) is 0.167. The molecule has 8 heteroatoms. The molecule has 0 unspecified atom stereocenters. The molecule has 0 aliphatic carbocycles. The van der Waals surface area contributed by atoms with Gasteiger partial charge >= 0.3 is 0 Å². The van der Waals surface area contributed by atoms with E-state index in [2.05, 4.69) is 10.4 Å². The van der Waals surface area contributed by atoms with E-state index >= 15 is 0 Å². The standard InChI is InChI=1S/C24H21F2N3O3/c1-15-23(16(2)29(28-15)13-17-4-3-5-19(26)12-17)27-24(30)22-11-10-21(32-22)14-31-20-8-6-18(25)7-9-20/h3-12H,13-14H2,1-2H3,(H,27,30). The smallest absolute Gasteiger partial charge is 0.291 e. The summed E-state index contributed by atoms with van der Waals surface area (Å²) in [4.78, 5) is 12.7. The molecule has 0 aliphatic rings. The van der Waals surface area contributed by atoms with Crippen molar-refractivity contribution >= 4 is 11.6 Å². The van der Waals surface area contributed by atoms with E-state index < -0.39 is 5.91 Å². The number of hydrogen-bond acceptors (Lipinski definition) is 4. The van der Waals surface area contributed by atoms with Gasteiger partial charge in [0, 0.05) is 0 Å². The summed E-state index contributed by atoms with van der Waals surface area (Å²) in [6, 6.07) is 15.1. The first kappa shape index (κ1) is 21.3. The molecule has 1 amide bonds. The van der Waals surface area contributed by atoms with Crippen molar-refractivity contribution in [1.82, 2.24) is 9.78 Å². The molecule has 0 saturated heterocycles. The minimum Gasteiger partial charge on any atom is -0.486 e. The van der Waals surface area contributed by atoms with Gasteiger partial charge in [-0.15, -0.1) is 0 Å². The summed E-state index contributed by atoms with van der Waals surface area (Å²) >= 11 is 0. The first-order chi connectivity index (χ1) is 15.4. The highest BCUT2D eigenvalue weighted by Crippen LogP contribution is 2.22. The topological polar surface area (TPSA) is 69.3 Å². The molecule has 0 aliphatic heterocycles. The number of ether oxygens (including phenoxy) is 1. The van der Waals surface area contributed by atoms with Crippen LogP contribution in [0.25, 0.3) is 0 Å². The molecule has 32 heavy (non-hydrogen) atoms. The van der Waals surface area contributed by atoms with Crippen molar-refractivity contribution in [3.63, 3.8) is 0 Å². The Labute approximate surface area is 183 Å². The lowest BCUT2D eigenvalue weighted by Crippen LogP contribution is -2.12. The molecule has 2 heterocycles. The maximum Gasteiger partial charge on any atom is 0.291 e. The lowest BCUT2D eigenvalue weighted by molar-refractivity contribution is 0.0992. The Bertz CT molecular complexity index is 1250. The normalized spacial score (nSPS) is 10.9. The van der Waals surface area contributed by atoms with Crippen LogP contribution >= 0.6 is 0 Å². The predicted octanol–water partition coefficient (Wildman–Crippen LogP) is 5.25. The highest BCUT2D eigenvalue weighted by atomic mass is 19.1. The number of rotatable bonds is 7. The Kier molecular flexibility index (Phi) is 6.02. The van der Waals surface area contributed by atoms with Crippen molar-refractivity contribution in [1.29, 1.82) is 0 Å². The van der Waals surface area contributed by atoms with Crippen LogP contribution in [-0.2, 0) is 13.2 Å². The monoisotopic (exact) mass is 437 g/mol. The number of anilines is 1. The lowest BCUT2D eigenvalue weighted by Gasteiger charge is -2.07. The molecule has 2 aromatic carbocycles. The van der Waals surface area contributed by atoms with Crippen molar-refractivity contribution in [3.05, 3.63) is 101 Å². The maximum atomic E-state index is 13.5. The Hall–Kier alpha value is -3.94. The number of benzene rings is 2. The quantitative estimate of drug-likeness (QED) is 0.429. The van der Waals surface area contributed by atoms with Crippen molar-refractivity contribution in [2.75, 3.05) is 5.32 Å². The number of furan rings is 1. The summed E-state index contributed by atoms with van der Waals surface area (Å²) in [7, 11) is 0. The van der Waals surface area contributed by atoms with Crippen molar-refractivity contribution in [3.8, 4) is 5.75 Å². The van der Waals surface area contributed by atoms with Crippen molar-refractivity contribution < 1.29 is 22.7 Å². The molecule has 164 valence electrons. The van der Waals surface area contributed by atoms with E-state index in [1.807, 2.05) is 13.0 Å². The zero-order chi connectivity index (χ0) is 22.7. The van der Waals surface area contributed by atoms with Crippen LogP contribution in [-0.4, -0.2) is 15.7 Å². The van der Waals surface area contributed by atoms with Crippen LogP contribution in [0.3, 0.4) is 0 Å². The molecule has 0 bridgehead atoms. The molecule has 6 nitrogen and oxygen atoms in total. The van der Waals surface area contributed by atoms with Crippen LogP contribution in [0.5, 0.6) is 5.75 Å². The first-order valence-electron chi connectivity index (χ1n) is 9.96. The summed E-state index contributed by atoms with van der Waals surface area (Å²) in [6.45, 7) is 4.10. The van der Waals surface area contributed by atoms with Crippen LogP contribution < -0.4 is 10.1 Å². The summed E-state index contributed by atoms with van der Waals surface area (Å²) in [5.41, 5.74) is 2.72. The third kappa shape index (κ3) is 4.85. The second-order valence-electron chi connectivity index (χ2n) is 7.30. The number of halogens is 2. The van der Waals surface area contributed by atoms with Gasteiger partial charge in [-0.1, -0.05) is 12.1 Å². The molecule has 0 spiro atoms. The highest BCUT2D eigenvalue weighted by Gasteiger charge is 2.18. The van der Waals surface area contributed by atoms with E-state index in [4.69, 9.17) is 9.15 Å². The molecule has 0 atom stereocenters. The van der Waals surface area contributed by atoms with E-state index in [1.165, 1.54) is 36.4 Å². The van der Waals surface area contributed by atoms with Crippen LogP contribution in [0.4, 0.5) is 14.5 Å². The number of carbonyl (C=O) groups is 1. The predicted molar refractivity (Wildman–Crippen MR) is 115 cm³/mol. The van der Waals surface area contributed by atoms with E-state index in [-0.39, 0.29) is 24.0 Å². The van der Waals surface area contributed by atoms with Gasteiger partial charge in [-0.3, -0.25) is 9.48 Å². The van der Waals surface area contributed by atoms with Gasteiger partial charge in [0.2, 0.25) is 0 Å². The van der Waals surface area contributed by atoms with E-state index in [9.17, 15) is 13.6 Å². The van der Waals surface area contributed by atoms with Crippen LogP contribution in [0.15, 0.2) is 65.1 Å². The third-order valence-corrected chi connectivity index (χ3v) is 4.92. The van der Waals surface area contributed by atoms with Gasteiger partial charge in [0.1, 0.15) is 29.8 Å². The second kappa shape index (κ2) is 9.05. The van der Waals surface area contributed by atoms with Gasteiger partial charge in [0.25, 0.3) is 5.91 Å². The Morgan fingerprint density at radius 3 is 2.59 bits per heavy atom. The van der Waals surface area contributed by atoms with Gasteiger partial charge < -0.3 is 14.5 Å². The average molecular weight is 437 g/mol. The van der Waals surface area contributed by atoms with E-state index in [0.717, 1.165) is 11.3 Å². The zero-order valence-electron chi connectivity index (χ0n) is 17.6. The second-order valence-corrected chi connectivity index (χ2v) is 7.30. The number of nitrogens with zero attached hydrogens (tertiary/aromatic N) is 2. The molecule has 2 aromatic heterocycles. The fourth-order valence-corrected chi connectivity index (χ4v) is 3.28. The molecule has 4 aromatic rings. The Balaban J connectivity index is 1.41. The highest BCUT2D eigenvalue weighted by molar-refractivity contribution is 6.02. The lowest BCUT2D eigenvalue weighted by atomic mass is 10.2. The van der Waals surface area contributed by atoms with Crippen molar-refractivity contribution in [2.45, 2.75) is 27.0 Å². The largest absolute Gasteiger partial charge is 0.486 e. The molecular formula is C24H21F2N3O3. The van der Waals surface area contributed by atoms with Gasteiger partial charge in [-0.25, -0.2) is 8.78 Å². The van der Waals surface area contributed by atoms with Gasteiger partial charge in [0.15, 0.2) is 5.76 Å². The number of hydrogen-bond donors (Lipinski definition) is 1. The maximum absolute atomic E-state index is 13.5. The molecule has 0 radical (unpaired) electrons. The summed E-state index contributed by atoms with van der Waals surface area (Å²) in [5, 5.41) is 7.29. The van der Waals surface area contributed by atoms with Gasteiger partial charge in [0.05, 0.1) is 23.6 Å². The van der Waals surface area contributed by atoms with Gasteiger partial charge in [-0.2, -0.15) is 5.10 Å². The molecular weight excluding hydrogens is 416 g/mol. The molecule has 1 N–H and O–H groups in total. The number of aryl methyl sites for hydroxylation is 1. The summed E-state index contributed by atoms with van der Waals surface area (Å²) < 4.78 is 39.3. The zero-order valence-corrected chi connectivity index (χ0v) is 17.6. The third-order valence-electron chi connectivity index (χ3n) is 4.92. The van der Waals surface area contributed by atoms with Crippen molar-refractivity contribution in [2.24, 2.45) is 0 Å². The minimum absolute atomic E-state index is 0.0997. The van der Waals surface area contributed by atoms with Crippen LogP contribution in [0.2, 0.25) is 0 Å². The number of aromatic nitrogens is 2. The molecule has 4 rings (SSSR count).